The molecular formula is C24H28N4O6. The molecule has 0 aliphatic carbocycles. The fourth-order valence-electron chi connectivity index (χ4n) is 4.41. The summed E-state index contributed by atoms with van der Waals surface area (Å²) >= 11 is 0. The van der Waals surface area contributed by atoms with Crippen molar-refractivity contribution in [2.24, 2.45) is 0 Å². The summed E-state index contributed by atoms with van der Waals surface area (Å²) < 4.78 is 14.1. The van der Waals surface area contributed by atoms with E-state index in [0.717, 1.165) is 38.5 Å². The van der Waals surface area contributed by atoms with Crippen LogP contribution in [0.4, 0.5) is 0 Å². The minimum Gasteiger partial charge on any atom is -0.490 e. The molecule has 1 saturated heterocycles. The standard InChI is InChI=1S/C24H28N4O6/c1-3-10-26-22(30)27(11-4-2)24(32)28(23(26)31)16-21(29)25-12-5-7-18(25)17-8-9-19-20(15-17)34-14-6-13-33-19/h3-4,8-9,15,18H,1-2,5-7,10-14,16H2/t18-/m1/s1. The molecule has 1 fully saturated rings. The topological polar surface area (TPSA) is 105 Å². The van der Waals surface area contributed by atoms with Gasteiger partial charge < -0.3 is 14.4 Å². The maximum atomic E-state index is 13.3. The first-order valence-corrected chi connectivity index (χ1v) is 11.3. The molecule has 3 heterocycles. The molecule has 0 N–H and O–H groups in total. The van der Waals surface area contributed by atoms with Crippen LogP contribution in [0.25, 0.3) is 0 Å². The number of ether oxygens (including phenoxy) is 2. The first-order chi connectivity index (χ1) is 16.5. The third-order valence-electron chi connectivity index (χ3n) is 6.03. The molecule has 2 aromatic rings. The number of rotatable bonds is 7. The summed E-state index contributed by atoms with van der Waals surface area (Å²) in [6, 6.07) is 5.44. The highest BCUT2D eigenvalue weighted by atomic mass is 16.5. The number of carbonyl (C=O) groups excluding carboxylic acids is 1. The number of benzene rings is 1. The second kappa shape index (κ2) is 9.98. The lowest BCUT2D eigenvalue weighted by Crippen LogP contribution is -2.55. The molecule has 0 unspecified atom stereocenters. The van der Waals surface area contributed by atoms with Gasteiger partial charge in [-0.2, -0.15) is 0 Å². The average Bonchev–Trinajstić information content (AvgIpc) is 3.21. The van der Waals surface area contributed by atoms with E-state index in [2.05, 4.69) is 13.2 Å². The molecule has 1 amide bonds. The first-order valence-electron chi connectivity index (χ1n) is 11.3. The Balaban J connectivity index is 1.65. The van der Waals surface area contributed by atoms with E-state index in [0.29, 0.717) is 31.3 Å². The molecule has 0 spiro atoms. The highest BCUT2D eigenvalue weighted by molar-refractivity contribution is 5.77. The number of hydrogen-bond donors (Lipinski definition) is 0. The molecule has 1 aromatic heterocycles. The van der Waals surface area contributed by atoms with Gasteiger partial charge in [0.05, 0.1) is 32.3 Å². The molecule has 0 bridgehead atoms. The predicted octanol–water partition coefficient (Wildman–Crippen LogP) is 1.07. The molecule has 1 aromatic carbocycles. The Labute approximate surface area is 195 Å². The van der Waals surface area contributed by atoms with Crippen molar-refractivity contribution in [2.75, 3.05) is 19.8 Å². The zero-order chi connectivity index (χ0) is 24.2. The van der Waals surface area contributed by atoms with Crippen LogP contribution in [0.15, 0.2) is 57.9 Å². The Kier molecular flexibility index (Phi) is 6.85. The smallest absolute Gasteiger partial charge is 0.337 e. The lowest BCUT2D eigenvalue weighted by atomic mass is 10.0. The van der Waals surface area contributed by atoms with E-state index < -0.39 is 23.6 Å². The second-order valence-corrected chi connectivity index (χ2v) is 8.23. The van der Waals surface area contributed by atoms with E-state index in [1.807, 2.05) is 18.2 Å². The van der Waals surface area contributed by atoms with E-state index in [4.69, 9.17) is 9.47 Å². The van der Waals surface area contributed by atoms with Crippen LogP contribution >= 0.6 is 0 Å². The summed E-state index contributed by atoms with van der Waals surface area (Å²) in [4.78, 5) is 53.3. The minimum atomic E-state index is -0.838. The summed E-state index contributed by atoms with van der Waals surface area (Å²) in [5.41, 5.74) is -1.53. The molecule has 2 aliphatic heterocycles. The minimum absolute atomic E-state index is 0.0766. The predicted molar refractivity (Wildman–Crippen MR) is 125 cm³/mol. The third-order valence-corrected chi connectivity index (χ3v) is 6.03. The van der Waals surface area contributed by atoms with Gasteiger partial charge in [-0.3, -0.25) is 4.79 Å². The number of fused-ring (bicyclic) bond motifs is 1. The maximum absolute atomic E-state index is 13.3. The van der Waals surface area contributed by atoms with E-state index in [-0.39, 0.29) is 25.0 Å². The van der Waals surface area contributed by atoms with Crippen molar-refractivity contribution >= 4 is 5.91 Å². The normalized spacial score (nSPS) is 17.3. The van der Waals surface area contributed by atoms with Crippen LogP contribution in [0.2, 0.25) is 0 Å². The summed E-state index contributed by atoms with van der Waals surface area (Å²) in [7, 11) is 0. The zero-order valence-corrected chi connectivity index (χ0v) is 19.0. The number of nitrogens with zero attached hydrogens (tertiary/aromatic N) is 4. The van der Waals surface area contributed by atoms with Gasteiger partial charge in [-0.25, -0.2) is 28.1 Å². The van der Waals surface area contributed by atoms with Crippen LogP contribution in [-0.2, 0) is 24.4 Å². The van der Waals surface area contributed by atoms with Crippen molar-refractivity contribution < 1.29 is 14.3 Å². The molecule has 1 atom stereocenters. The molecular weight excluding hydrogens is 440 g/mol. The highest BCUT2D eigenvalue weighted by Crippen LogP contribution is 2.37. The summed E-state index contributed by atoms with van der Waals surface area (Å²) in [6.45, 7) is 8.15. The lowest BCUT2D eigenvalue weighted by molar-refractivity contribution is -0.133. The molecule has 34 heavy (non-hydrogen) atoms. The number of aromatic nitrogens is 3. The van der Waals surface area contributed by atoms with Gasteiger partial charge in [-0.15, -0.1) is 13.2 Å². The van der Waals surface area contributed by atoms with Crippen LogP contribution in [0, 0.1) is 0 Å². The van der Waals surface area contributed by atoms with Gasteiger partial charge in [0.15, 0.2) is 11.5 Å². The maximum Gasteiger partial charge on any atom is 0.337 e. The third kappa shape index (κ3) is 4.35. The van der Waals surface area contributed by atoms with Gasteiger partial charge in [0.25, 0.3) is 0 Å². The van der Waals surface area contributed by atoms with E-state index in [9.17, 15) is 19.2 Å². The number of hydrogen-bond acceptors (Lipinski definition) is 6. The number of amides is 1. The van der Waals surface area contributed by atoms with Crippen molar-refractivity contribution in [3.63, 3.8) is 0 Å². The first kappa shape index (κ1) is 23.3. The summed E-state index contributed by atoms with van der Waals surface area (Å²) in [5.74, 6) is 0.952. The molecule has 180 valence electrons. The van der Waals surface area contributed by atoms with E-state index in [1.165, 1.54) is 12.2 Å². The summed E-state index contributed by atoms with van der Waals surface area (Å²) in [6.07, 6.45) is 5.11. The van der Waals surface area contributed by atoms with Gasteiger partial charge >= 0.3 is 17.1 Å². The monoisotopic (exact) mass is 468 g/mol. The Bertz CT molecular complexity index is 1240. The largest absolute Gasteiger partial charge is 0.490 e. The molecule has 10 nitrogen and oxygen atoms in total. The van der Waals surface area contributed by atoms with Gasteiger partial charge in [0.2, 0.25) is 5.91 Å². The van der Waals surface area contributed by atoms with Gasteiger partial charge in [-0.1, -0.05) is 18.2 Å². The van der Waals surface area contributed by atoms with Crippen LogP contribution in [0.3, 0.4) is 0 Å². The van der Waals surface area contributed by atoms with Crippen molar-refractivity contribution in [1.29, 1.82) is 0 Å². The fraction of sp³-hybridized carbons (Fsp3) is 0.417. The quantitative estimate of drug-likeness (QED) is 0.563. The van der Waals surface area contributed by atoms with Crippen LogP contribution in [-0.4, -0.2) is 44.3 Å². The van der Waals surface area contributed by atoms with Crippen LogP contribution in [0.1, 0.15) is 30.9 Å². The van der Waals surface area contributed by atoms with Gasteiger partial charge in [-0.05, 0) is 30.5 Å². The Morgan fingerprint density at radius 2 is 1.53 bits per heavy atom. The van der Waals surface area contributed by atoms with Crippen molar-refractivity contribution in [2.45, 2.75) is 44.9 Å². The number of allylic oxidation sites excluding steroid dienone is 2. The number of likely N-dealkylation sites (tertiary alicyclic amines) is 1. The lowest BCUT2D eigenvalue weighted by Gasteiger charge is -2.26. The van der Waals surface area contributed by atoms with Crippen molar-refractivity contribution in [1.82, 2.24) is 18.6 Å². The zero-order valence-electron chi connectivity index (χ0n) is 19.0. The molecule has 4 rings (SSSR count). The Morgan fingerprint density at radius 3 is 2.18 bits per heavy atom. The fourth-order valence-corrected chi connectivity index (χ4v) is 4.41. The summed E-state index contributed by atoms with van der Waals surface area (Å²) in [5, 5.41) is 0. The Hall–Kier alpha value is -3.82. The van der Waals surface area contributed by atoms with Gasteiger partial charge in [0, 0.05) is 13.0 Å². The van der Waals surface area contributed by atoms with E-state index in [1.54, 1.807) is 4.90 Å². The van der Waals surface area contributed by atoms with Gasteiger partial charge in [0.1, 0.15) is 6.54 Å². The Morgan fingerprint density at radius 1 is 0.912 bits per heavy atom. The van der Waals surface area contributed by atoms with Crippen molar-refractivity contribution in [3.8, 4) is 11.5 Å². The SMILES string of the molecule is C=CCn1c(=O)n(CC=C)c(=O)n(CC(=O)N2CCC[C@@H]2c2ccc3c(c2)OCCCO3)c1=O. The average molecular weight is 469 g/mol. The van der Waals surface area contributed by atoms with Crippen LogP contribution in [0.5, 0.6) is 11.5 Å². The number of carbonyl (C=O) groups is 1. The molecule has 10 heteroatoms. The van der Waals surface area contributed by atoms with E-state index >= 15 is 0 Å². The van der Waals surface area contributed by atoms with Crippen LogP contribution < -0.4 is 26.5 Å². The molecule has 2 aliphatic rings. The van der Waals surface area contributed by atoms with Crippen molar-refractivity contribution in [3.05, 3.63) is 80.5 Å². The second-order valence-electron chi connectivity index (χ2n) is 8.23. The molecule has 0 saturated carbocycles. The highest BCUT2D eigenvalue weighted by Gasteiger charge is 2.31. The molecule has 0 radical (unpaired) electrons.